The molecule has 0 bridgehead atoms. The van der Waals surface area contributed by atoms with Crippen molar-refractivity contribution in [1.82, 2.24) is 4.72 Å². The number of alkyl halides is 3. The highest BCUT2D eigenvalue weighted by atomic mass is 32.2. The lowest BCUT2D eigenvalue weighted by atomic mass is 10.1. The number of halogens is 3. The molecular weight excluding hydrogens is 283 g/mol. The maximum atomic E-state index is 11.9. The van der Waals surface area contributed by atoms with Crippen molar-refractivity contribution >= 4 is 15.9 Å². The van der Waals surface area contributed by atoms with Gasteiger partial charge in [-0.2, -0.15) is 21.6 Å². The number of hydrogen-bond acceptors (Lipinski definition) is 3. The van der Waals surface area contributed by atoms with Gasteiger partial charge in [0.15, 0.2) is 0 Å². The van der Waals surface area contributed by atoms with E-state index in [0.29, 0.717) is 12.8 Å². The van der Waals surface area contributed by atoms with Crippen LogP contribution in [0.5, 0.6) is 0 Å². The zero-order valence-corrected chi connectivity index (χ0v) is 11.3. The van der Waals surface area contributed by atoms with Crippen LogP contribution in [0.2, 0.25) is 0 Å². The van der Waals surface area contributed by atoms with E-state index in [4.69, 9.17) is 0 Å². The molecule has 0 aliphatic carbocycles. The minimum absolute atomic E-state index is 0.225. The predicted octanol–water partition coefficient (Wildman–Crippen LogP) is 2.87. The summed E-state index contributed by atoms with van der Waals surface area (Å²) in [5, 5.41) is 0. The second kappa shape index (κ2) is 8.19. The average molecular weight is 301 g/mol. The summed E-state index contributed by atoms with van der Waals surface area (Å²) < 4.78 is 58.0. The lowest BCUT2D eigenvalue weighted by Crippen LogP contribution is -2.40. The van der Waals surface area contributed by atoms with Gasteiger partial charge in [0.25, 0.3) is 0 Å². The normalized spacial score (nSPS) is 12.2. The molecule has 1 amide bonds. The molecule has 0 aromatic rings. The summed E-state index contributed by atoms with van der Waals surface area (Å²) in [6.07, 6.45) is 6.32. The topological polar surface area (TPSA) is 63.2 Å². The van der Waals surface area contributed by atoms with Crippen molar-refractivity contribution in [3.05, 3.63) is 12.7 Å². The maximum absolute atomic E-state index is 11.9. The van der Waals surface area contributed by atoms with Crippen molar-refractivity contribution in [2.24, 2.45) is 0 Å². The summed E-state index contributed by atoms with van der Waals surface area (Å²) in [5.74, 6) is -1.12. The van der Waals surface area contributed by atoms with Crippen LogP contribution in [0.4, 0.5) is 13.2 Å². The van der Waals surface area contributed by atoms with Crippen LogP contribution < -0.4 is 4.72 Å². The number of amides is 1. The highest BCUT2D eigenvalue weighted by molar-refractivity contribution is 7.90. The molecule has 0 aliphatic heterocycles. The fourth-order valence-electron chi connectivity index (χ4n) is 1.36. The molecule has 0 rings (SSSR count). The van der Waals surface area contributed by atoms with Gasteiger partial charge in [0.1, 0.15) is 0 Å². The van der Waals surface area contributed by atoms with Gasteiger partial charge in [-0.05, 0) is 19.3 Å². The van der Waals surface area contributed by atoms with Crippen molar-refractivity contribution in [1.29, 1.82) is 0 Å². The number of carbonyl (C=O) groups is 1. The SMILES string of the molecule is C=CCCCCCCCC(=O)NS(=O)(=O)C(F)(F)F. The number of sulfonamides is 1. The molecule has 8 heteroatoms. The van der Waals surface area contributed by atoms with Gasteiger partial charge in [-0.1, -0.05) is 25.3 Å². The number of carbonyl (C=O) groups excluding carboxylic acids is 1. The summed E-state index contributed by atoms with van der Waals surface area (Å²) in [7, 11) is -5.56. The van der Waals surface area contributed by atoms with Crippen LogP contribution in [0.15, 0.2) is 12.7 Å². The summed E-state index contributed by atoms with van der Waals surface area (Å²) in [5.41, 5.74) is -5.45. The van der Waals surface area contributed by atoms with Crippen LogP contribution >= 0.6 is 0 Å². The fourth-order valence-corrected chi connectivity index (χ4v) is 1.88. The van der Waals surface area contributed by atoms with Crippen LogP contribution in [-0.4, -0.2) is 19.8 Å². The first-order valence-electron chi connectivity index (χ1n) is 5.93. The Labute approximate surface area is 111 Å². The first-order valence-corrected chi connectivity index (χ1v) is 7.42. The minimum atomic E-state index is -5.56. The van der Waals surface area contributed by atoms with Gasteiger partial charge < -0.3 is 0 Å². The third-order valence-electron chi connectivity index (χ3n) is 2.36. The minimum Gasteiger partial charge on any atom is -0.274 e. The highest BCUT2D eigenvalue weighted by Crippen LogP contribution is 2.21. The zero-order chi connectivity index (χ0) is 14.9. The summed E-state index contributed by atoms with van der Waals surface area (Å²) in [6, 6.07) is 0. The van der Waals surface area contributed by atoms with Crippen LogP contribution in [0, 0.1) is 0 Å². The number of nitrogens with one attached hydrogen (secondary N) is 1. The van der Waals surface area contributed by atoms with Crippen molar-refractivity contribution in [2.75, 3.05) is 0 Å². The van der Waals surface area contributed by atoms with Gasteiger partial charge in [-0.3, -0.25) is 4.79 Å². The molecule has 112 valence electrons. The van der Waals surface area contributed by atoms with Gasteiger partial charge in [-0.25, -0.2) is 4.72 Å². The molecule has 4 nitrogen and oxygen atoms in total. The fraction of sp³-hybridized carbons (Fsp3) is 0.727. The van der Waals surface area contributed by atoms with Gasteiger partial charge in [-0.15, -0.1) is 6.58 Å². The standard InChI is InChI=1S/C11H18F3NO3S/c1-2-3-4-5-6-7-8-9-10(16)15-19(17,18)11(12,13)14/h2H,1,3-9H2,(H,15,16). The van der Waals surface area contributed by atoms with Gasteiger partial charge in [0, 0.05) is 6.42 Å². The molecule has 0 saturated carbocycles. The molecule has 0 saturated heterocycles. The molecule has 0 aromatic carbocycles. The van der Waals surface area contributed by atoms with Gasteiger partial charge >= 0.3 is 15.5 Å². The Morgan fingerprint density at radius 1 is 1.11 bits per heavy atom. The Kier molecular flexibility index (Phi) is 7.73. The van der Waals surface area contributed by atoms with E-state index in [1.807, 2.05) is 0 Å². The summed E-state index contributed by atoms with van der Waals surface area (Å²) in [6.45, 7) is 3.57. The number of unbranched alkanes of at least 4 members (excludes halogenated alkanes) is 5. The van der Waals surface area contributed by atoms with E-state index in [1.165, 1.54) is 0 Å². The Morgan fingerprint density at radius 3 is 2.16 bits per heavy atom. The summed E-state index contributed by atoms with van der Waals surface area (Å²) in [4.78, 5) is 11.0. The molecule has 0 unspecified atom stereocenters. The molecule has 0 spiro atoms. The molecule has 0 aliphatic rings. The van der Waals surface area contributed by atoms with Gasteiger partial charge in [0.05, 0.1) is 0 Å². The monoisotopic (exact) mass is 301 g/mol. The molecule has 0 aromatic heterocycles. The third kappa shape index (κ3) is 7.86. The average Bonchev–Trinajstić information content (AvgIpc) is 2.25. The zero-order valence-electron chi connectivity index (χ0n) is 10.5. The van der Waals surface area contributed by atoms with E-state index in [9.17, 15) is 26.4 Å². The van der Waals surface area contributed by atoms with E-state index in [1.54, 1.807) is 6.08 Å². The highest BCUT2D eigenvalue weighted by Gasteiger charge is 2.46. The smallest absolute Gasteiger partial charge is 0.274 e. The second-order valence-electron chi connectivity index (χ2n) is 4.07. The molecule has 1 N–H and O–H groups in total. The van der Waals surface area contributed by atoms with E-state index in [2.05, 4.69) is 6.58 Å². The Morgan fingerprint density at radius 2 is 1.63 bits per heavy atom. The third-order valence-corrected chi connectivity index (χ3v) is 3.47. The number of rotatable bonds is 9. The predicted molar refractivity (Wildman–Crippen MR) is 65.6 cm³/mol. The second-order valence-corrected chi connectivity index (χ2v) is 5.74. The molecule has 19 heavy (non-hydrogen) atoms. The van der Waals surface area contributed by atoms with Crippen LogP contribution in [0.25, 0.3) is 0 Å². The van der Waals surface area contributed by atoms with E-state index < -0.39 is 21.4 Å². The first-order chi connectivity index (χ1) is 8.70. The van der Waals surface area contributed by atoms with E-state index >= 15 is 0 Å². The molecular formula is C11H18F3NO3S. The Bertz CT molecular complexity index is 390. The molecule has 0 fully saturated rings. The van der Waals surface area contributed by atoms with Crippen molar-refractivity contribution in [3.8, 4) is 0 Å². The largest absolute Gasteiger partial charge is 0.516 e. The summed E-state index contributed by atoms with van der Waals surface area (Å²) >= 11 is 0. The first kappa shape index (κ1) is 17.9. The molecule has 0 atom stereocenters. The lowest BCUT2D eigenvalue weighted by Gasteiger charge is -2.09. The number of hydrogen-bond donors (Lipinski definition) is 1. The van der Waals surface area contributed by atoms with Crippen LogP contribution in [-0.2, 0) is 14.8 Å². The van der Waals surface area contributed by atoms with Crippen LogP contribution in [0.3, 0.4) is 0 Å². The van der Waals surface area contributed by atoms with E-state index in [-0.39, 0.29) is 6.42 Å². The van der Waals surface area contributed by atoms with Crippen molar-refractivity contribution in [2.45, 2.75) is 50.5 Å². The Balaban J connectivity index is 3.80. The van der Waals surface area contributed by atoms with Gasteiger partial charge in [0.2, 0.25) is 5.91 Å². The Hall–Kier alpha value is -1.05. The van der Waals surface area contributed by atoms with E-state index in [0.717, 1.165) is 30.4 Å². The van der Waals surface area contributed by atoms with Crippen molar-refractivity contribution in [3.63, 3.8) is 0 Å². The lowest BCUT2D eigenvalue weighted by molar-refractivity contribution is -0.120. The van der Waals surface area contributed by atoms with Crippen LogP contribution in [0.1, 0.15) is 44.9 Å². The quantitative estimate of drug-likeness (QED) is 0.526. The molecule has 0 heterocycles. The number of allylic oxidation sites excluding steroid dienone is 1. The van der Waals surface area contributed by atoms with Crippen molar-refractivity contribution < 1.29 is 26.4 Å². The molecule has 0 radical (unpaired) electrons. The maximum Gasteiger partial charge on any atom is 0.516 e.